The normalized spacial score (nSPS) is 39.8. The van der Waals surface area contributed by atoms with Crippen LogP contribution in [-0.2, 0) is 9.49 Å². The van der Waals surface area contributed by atoms with Crippen LogP contribution < -0.4 is 9.47 Å². The predicted octanol–water partition coefficient (Wildman–Crippen LogP) is 4.21. The molecular weight excluding hydrogens is 659 g/mol. The zero-order valence-electron chi connectivity index (χ0n) is 14.0. The highest BCUT2D eigenvalue weighted by Crippen LogP contribution is 2.53. The van der Waals surface area contributed by atoms with Crippen LogP contribution in [-0.4, -0.2) is 51.2 Å². The zero-order valence-corrected chi connectivity index (χ0v) is 20.5. The monoisotopic (exact) mass is 679 g/mol. The quantitative estimate of drug-likeness (QED) is 0.267. The Kier molecular flexibility index (Phi) is 5.51. The number of piperidine rings is 1. The van der Waals surface area contributed by atoms with Gasteiger partial charge in [0.15, 0.2) is 11.5 Å². The van der Waals surface area contributed by atoms with Crippen molar-refractivity contribution in [3.8, 4) is 11.5 Å². The maximum atomic E-state index is 6.63. The molecule has 0 aromatic heterocycles. The molecule has 3 aliphatic rings. The Balaban J connectivity index is 1.90. The van der Waals surface area contributed by atoms with Crippen molar-refractivity contribution in [3.05, 3.63) is 35.9 Å². The average Bonchev–Trinajstić information content (AvgIpc) is 2.61. The Labute approximate surface area is 190 Å². The van der Waals surface area contributed by atoms with Crippen molar-refractivity contribution in [1.29, 1.82) is 0 Å². The summed E-state index contributed by atoms with van der Waals surface area (Å²) in [4.78, 5) is 2.51. The first-order valence-electron chi connectivity index (χ1n) is 8.31. The second kappa shape index (κ2) is 7.25. The lowest BCUT2D eigenvalue weighted by Crippen LogP contribution is -2.68. The lowest BCUT2D eigenvalue weighted by atomic mass is 9.70. The largest absolute Gasteiger partial charge is 0.493 e. The van der Waals surface area contributed by atoms with Gasteiger partial charge in [-0.05, 0) is 31.2 Å². The molecule has 1 aromatic rings. The molecule has 1 aliphatic carbocycles. The number of rotatable bonds is 2. The van der Waals surface area contributed by atoms with E-state index in [0.717, 1.165) is 24.5 Å². The van der Waals surface area contributed by atoms with Crippen LogP contribution in [0.15, 0.2) is 30.4 Å². The lowest BCUT2D eigenvalue weighted by molar-refractivity contribution is 0.0155. The minimum absolute atomic E-state index is 0.0299. The van der Waals surface area contributed by atoms with Gasteiger partial charge < -0.3 is 17.4 Å². The fourth-order valence-electron chi connectivity index (χ4n) is 4.37. The third-order valence-corrected chi connectivity index (χ3v) is 11.0. The standard InChI is InChI=1S/C18H20I3NO3/c1-22-9-16(19)18(20)11-4-6-14(25-21)17(18)24-15-8-10(7-12(11)22)3-5-13(15)23-2/h3-6,8,11-12,14,16-17H,7,9H2,1-2H3/t11-,12-,14+,16?,17-,18-/m1/s1. The summed E-state index contributed by atoms with van der Waals surface area (Å²) in [5.41, 5.74) is 1.30. The molecule has 7 heteroatoms. The molecule has 6 atom stereocenters. The highest BCUT2D eigenvalue weighted by molar-refractivity contribution is 14.1. The van der Waals surface area contributed by atoms with Gasteiger partial charge in [-0.3, -0.25) is 0 Å². The second-order valence-electron chi connectivity index (χ2n) is 6.99. The predicted molar refractivity (Wildman–Crippen MR) is 124 cm³/mol. The minimum Gasteiger partial charge on any atom is -0.493 e. The molecule has 1 saturated heterocycles. The van der Waals surface area contributed by atoms with Gasteiger partial charge in [0.2, 0.25) is 0 Å². The molecule has 4 nitrogen and oxygen atoms in total. The fraction of sp³-hybridized carbons (Fsp3) is 0.556. The molecule has 0 radical (unpaired) electrons. The smallest absolute Gasteiger partial charge is 0.162 e. The summed E-state index contributed by atoms with van der Waals surface area (Å²) in [6, 6.07) is 6.80. The first-order chi connectivity index (χ1) is 12.0. The summed E-state index contributed by atoms with van der Waals surface area (Å²) in [5, 5.41) is 0. The number of ether oxygens (including phenoxy) is 2. The van der Waals surface area contributed by atoms with Crippen LogP contribution in [0.25, 0.3) is 0 Å². The van der Waals surface area contributed by atoms with Crippen LogP contribution in [0.4, 0.5) is 0 Å². The van der Waals surface area contributed by atoms with E-state index in [1.54, 1.807) is 7.11 Å². The van der Waals surface area contributed by atoms with E-state index in [4.69, 9.17) is 12.5 Å². The summed E-state index contributed by atoms with van der Waals surface area (Å²) in [6.45, 7) is 1.06. The molecule has 0 N–H and O–H groups in total. The molecule has 2 heterocycles. The van der Waals surface area contributed by atoms with Crippen molar-refractivity contribution < 1.29 is 12.5 Å². The zero-order chi connectivity index (χ0) is 17.8. The van der Waals surface area contributed by atoms with E-state index >= 15 is 0 Å². The molecule has 4 rings (SSSR count). The van der Waals surface area contributed by atoms with Crippen molar-refractivity contribution in [1.82, 2.24) is 4.90 Å². The van der Waals surface area contributed by atoms with Crippen LogP contribution >= 0.6 is 68.2 Å². The summed E-state index contributed by atoms with van der Waals surface area (Å²) in [5.74, 6) is 2.03. The summed E-state index contributed by atoms with van der Waals surface area (Å²) in [7, 11) is 3.95. The van der Waals surface area contributed by atoms with Gasteiger partial charge in [0.1, 0.15) is 35.2 Å². The minimum atomic E-state index is -0.0680. The molecule has 25 heavy (non-hydrogen) atoms. The van der Waals surface area contributed by atoms with E-state index < -0.39 is 0 Å². The molecule has 1 aromatic carbocycles. The number of hydrogen-bond acceptors (Lipinski definition) is 4. The maximum absolute atomic E-state index is 6.63. The van der Waals surface area contributed by atoms with Crippen molar-refractivity contribution in [2.24, 2.45) is 5.92 Å². The summed E-state index contributed by atoms with van der Waals surface area (Å²) in [6.07, 6.45) is 5.45. The molecule has 136 valence electrons. The number of methoxy groups -OCH3 is 1. The Hall–Kier alpha value is 0.670. The summed E-state index contributed by atoms with van der Waals surface area (Å²) >= 11 is 7.27. The Bertz CT molecular complexity index is 700. The molecule has 0 spiro atoms. The number of likely N-dealkylation sites (N-methyl/N-ethyl adjacent to an activating group) is 1. The highest BCUT2D eigenvalue weighted by atomic mass is 127. The fourth-order valence-corrected chi connectivity index (χ4v) is 7.49. The van der Waals surface area contributed by atoms with Crippen molar-refractivity contribution >= 4 is 68.2 Å². The van der Waals surface area contributed by atoms with Crippen molar-refractivity contribution in [2.75, 3.05) is 20.7 Å². The number of halogens is 3. The average molecular weight is 679 g/mol. The lowest BCUT2D eigenvalue weighted by Gasteiger charge is -2.55. The molecule has 6 bridgehead atoms. The molecule has 0 amide bonds. The van der Waals surface area contributed by atoms with Gasteiger partial charge in [0, 0.05) is 22.4 Å². The van der Waals surface area contributed by atoms with E-state index in [0.29, 0.717) is 15.9 Å². The molecular formula is C18H20I3NO3. The number of nitrogens with zero attached hydrogens (tertiary/aromatic N) is 1. The van der Waals surface area contributed by atoms with E-state index in [1.165, 1.54) is 5.56 Å². The van der Waals surface area contributed by atoms with Gasteiger partial charge >= 0.3 is 0 Å². The van der Waals surface area contributed by atoms with E-state index in [-0.39, 0.29) is 15.6 Å². The first-order valence-corrected chi connectivity index (χ1v) is 11.5. The van der Waals surface area contributed by atoms with Gasteiger partial charge in [0.25, 0.3) is 0 Å². The van der Waals surface area contributed by atoms with Crippen LogP contribution in [0.1, 0.15) is 5.56 Å². The SMILES string of the molecule is COc1ccc2cc1O[C@@H]1[C@@H](OI)C=C[C@@H]3[C@@H](C2)N(C)CC(I)[C@]31I. The van der Waals surface area contributed by atoms with Crippen molar-refractivity contribution in [2.45, 2.75) is 32.0 Å². The van der Waals surface area contributed by atoms with Crippen LogP contribution in [0.2, 0.25) is 0 Å². The number of benzene rings is 1. The molecule has 0 saturated carbocycles. The van der Waals surface area contributed by atoms with Gasteiger partial charge in [0.05, 0.1) is 10.5 Å². The van der Waals surface area contributed by atoms with Gasteiger partial charge in [-0.2, -0.15) is 0 Å². The maximum Gasteiger partial charge on any atom is 0.162 e. The number of fused-ring (bicyclic) bond motifs is 2. The second-order valence-corrected chi connectivity index (χ2v) is 10.9. The van der Waals surface area contributed by atoms with Crippen LogP contribution in [0, 0.1) is 5.92 Å². The van der Waals surface area contributed by atoms with Crippen molar-refractivity contribution in [3.63, 3.8) is 0 Å². The Morgan fingerprint density at radius 1 is 1.32 bits per heavy atom. The number of alkyl halides is 2. The Morgan fingerprint density at radius 3 is 2.84 bits per heavy atom. The van der Waals surface area contributed by atoms with E-state index in [1.807, 2.05) is 29.1 Å². The Morgan fingerprint density at radius 2 is 2.12 bits per heavy atom. The summed E-state index contributed by atoms with van der Waals surface area (Å²) < 4.78 is 18.4. The van der Waals surface area contributed by atoms with Gasteiger partial charge in [-0.1, -0.05) is 63.4 Å². The van der Waals surface area contributed by atoms with E-state index in [9.17, 15) is 0 Å². The molecule has 1 fully saturated rings. The third kappa shape index (κ3) is 3.03. The third-order valence-electron chi connectivity index (χ3n) is 5.69. The van der Waals surface area contributed by atoms with Gasteiger partial charge in [-0.25, -0.2) is 0 Å². The molecule has 1 unspecified atom stereocenters. The number of likely N-dealkylation sites (tertiary alicyclic amines) is 1. The first kappa shape index (κ1) is 19.0. The number of hydrogen-bond donors (Lipinski definition) is 0. The van der Waals surface area contributed by atoms with Crippen LogP contribution in [0.5, 0.6) is 11.5 Å². The highest BCUT2D eigenvalue weighted by Gasteiger charge is 2.59. The topological polar surface area (TPSA) is 30.9 Å². The van der Waals surface area contributed by atoms with Crippen LogP contribution in [0.3, 0.4) is 0 Å². The van der Waals surface area contributed by atoms with E-state index in [2.05, 4.69) is 81.4 Å². The molecule has 2 aliphatic heterocycles. The van der Waals surface area contributed by atoms with Gasteiger partial charge in [-0.15, -0.1) is 0 Å².